The molecule has 0 aromatic heterocycles. The summed E-state index contributed by atoms with van der Waals surface area (Å²) >= 11 is 6.13. The lowest BCUT2D eigenvalue weighted by atomic mass is 10.1. The molecule has 0 aliphatic heterocycles. The Morgan fingerprint density at radius 1 is 1.09 bits per heavy atom. The van der Waals surface area contributed by atoms with Crippen LogP contribution in [0.15, 0.2) is 77.5 Å². The number of hydrogen-bond acceptors (Lipinski definition) is 6. The van der Waals surface area contributed by atoms with Crippen molar-refractivity contribution in [2.24, 2.45) is 5.10 Å². The Bertz CT molecular complexity index is 1350. The maximum Gasteiger partial charge on any atom is 0.287 e. The molecule has 3 aromatic rings. The molecule has 0 radical (unpaired) electrons. The van der Waals surface area contributed by atoms with E-state index in [-0.39, 0.29) is 22.8 Å². The molecule has 3 rings (SSSR count). The van der Waals surface area contributed by atoms with E-state index < -0.39 is 16.7 Å². The van der Waals surface area contributed by atoms with E-state index >= 15 is 0 Å². The van der Waals surface area contributed by atoms with E-state index in [0.717, 1.165) is 0 Å². The number of nitro benzene ring substituents is 1. The van der Waals surface area contributed by atoms with Crippen LogP contribution in [0.25, 0.3) is 6.08 Å². The predicted octanol–water partition coefficient (Wildman–Crippen LogP) is 4.57. The van der Waals surface area contributed by atoms with Gasteiger partial charge in [0.25, 0.3) is 17.5 Å². The van der Waals surface area contributed by atoms with Crippen LogP contribution in [-0.2, 0) is 4.79 Å². The first-order valence-electron chi connectivity index (χ1n) is 10.3. The average Bonchev–Trinajstić information content (AvgIpc) is 2.84. The number of amides is 2. The summed E-state index contributed by atoms with van der Waals surface area (Å²) in [5.41, 5.74) is 3.86. The van der Waals surface area contributed by atoms with Gasteiger partial charge in [-0.1, -0.05) is 41.9 Å². The largest absolute Gasteiger partial charge is 0.507 e. The maximum absolute atomic E-state index is 13.0. The molecule has 0 unspecified atom stereocenters. The van der Waals surface area contributed by atoms with Gasteiger partial charge in [0.15, 0.2) is 0 Å². The molecule has 9 nitrogen and oxygen atoms in total. The van der Waals surface area contributed by atoms with Gasteiger partial charge in [-0.25, -0.2) is 5.43 Å². The first-order chi connectivity index (χ1) is 16.7. The summed E-state index contributed by atoms with van der Waals surface area (Å²) in [5, 5.41) is 28.3. The molecular weight excluding hydrogens is 472 g/mol. The third-order valence-electron chi connectivity index (χ3n) is 4.91. The van der Waals surface area contributed by atoms with Crippen LogP contribution in [0.1, 0.15) is 34.0 Å². The first kappa shape index (κ1) is 25.1. The highest BCUT2D eigenvalue weighted by atomic mass is 35.5. The monoisotopic (exact) mass is 492 g/mol. The van der Waals surface area contributed by atoms with Crippen LogP contribution < -0.4 is 10.7 Å². The van der Waals surface area contributed by atoms with Gasteiger partial charge in [-0.05, 0) is 55.3 Å². The fourth-order valence-electron chi connectivity index (χ4n) is 3.05. The standard InChI is InChI=1S/C25H21ClN4O5/c1-15-11-23(31)20(14-21(15)26)16(2)28-29-25(33)22(27-24(32)18-8-4-3-5-9-18)13-17-7-6-10-19(12-17)30(34)35/h3-14,31H,1-2H3,(H,27,32)(H,29,33)/b22-13?,28-16+. The van der Waals surface area contributed by atoms with Crippen LogP contribution in [0.4, 0.5) is 5.69 Å². The van der Waals surface area contributed by atoms with Crippen molar-refractivity contribution in [1.82, 2.24) is 10.7 Å². The van der Waals surface area contributed by atoms with Crippen molar-refractivity contribution in [3.63, 3.8) is 0 Å². The highest BCUT2D eigenvalue weighted by molar-refractivity contribution is 6.31. The molecule has 0 spiro atoms. The molecule has 0 heterocycles. The van der Waals surface area contributed by atoms with Gasteiger partial charge >= 0.3 is 0 Å². The number of aromatic hydroxyl groups is 1. The van der Waals surface area contributed by atoms with E-state index in [1.165, 1.54) is 36.4 Å². The normalized spacial score (nSPS) is 11.6. The fraction of sp³-hybridized carbons (Fsp3) is 0.0800. The summed E-state index contributed by atoms with van der Waals surface area (Å²) in [5.74, 6) is -1.40. The fourth-order valence-corrected chi connectivity index (χ4v) is 3.21. The van der Waals surface area contributed by atoms with Gasteiger partial charge in [0.1, 0.15) is 11.4 Å². The molecule has 0 fully saturated rings. The number of carbonyl (C=O) groups is 2. The molecule has 3 N–H and O–H groups in total. The second kappa shape index (κ2) is 11.1. The van der Waals surface area contributed by atoms with Crippen molar-refractivity contribution < 1.29 is 19.6 Å². The molecule has 178 valence electrons. The highest BCUT2D eigenvalue weighted by Gasteiger charge is 2.16. The summed E-state index contributed by atoms with van der Waals surface area (Å²) in [4.78, 5) is 36.2. The minimum atomic E-state index is -0.780. The van der Waals surface area contributed by atoms with Crippen molar-refractivity contribution >= 4 is 40.9 Å². The maximum atomic E-state index is 13.0. The lowest BCUT2D eigenvalue weighted by molar-refractivity contribution is -0.384. The molecule has 0 aliphatic carbocycles. The van der Waals surface area contributed by atoms with Gasteiger partial charge in [-0.2, -0.15) is 5.10 Å². The van der Waals surface area contributed by atoms with E-state index in [2.05, 4.69) is 15.8 Å². The number of hydrazone groups is 1. The number of benzene rings is 3. The Kier molecular flexibility index (Phi) is 7.96. The number of halogens is 1. The highest BCUT2D eigenvalue weighted by Crippen LogP contribution is 2.26. The van der Waals surface area contributed by atoms with Crippen LogP contribution >= 0.6 is 11.6 Å². The smallest absolute Gasteiger partial charge is 0.287 e. The summed E-state index contributed by atoms with van der Waals surface area (Å²) in [6.07, 6.45) is 1.30. The molecule has 3 aromatic carbocycles. The molecule has 0 saturated carbocycles. The van der Waals surface area contributed by atoms with E-state index in [1.54, 1.807) is 50.2 Å². The molecule has 35 heavy (non-hydrogen) atoms. The second-order valence-electron chi connectivity index (χ2n) is 7.49. The Hall–Kier alpha value is -4.50. The van der Waals surface area contributed by atoms with Gasteiger partial charge in [-0.3, -0.25) is 19.7 Å². The van der Waals surface area contributed by atoms with E-state index in [0.29, 0.717) is 27.3 Å². The van der Waals surface area contributed by atoms with Gasteiger partial charge in [0, 0.05) is 28.3 Å². The molecular formula is C25H21ClN4O5. The predicted molar refractivity (Wildman–Crippen MR) is 133 cm³/mol. The molecule has 2 amide bonds. The topological polar surface area (TPSA) is 134 Å². The SMILES string of the molecule is C/C(=N\NC(=O)C(=Cc1cccc([N+](=O)[O-])c1)NC(=O)c1ccccc1)c1cc(Cl)c(C)cc1O. The molecule has 10 heteroatoms. The van der Waals surface area contributed by atoms with Crippen LogP contribution in [-0.4, -0.2) is 27.6 Å². The summed E-state index contributed by atoms with van der Waals surface area (Å²) in [7, 11) is 0. The number of nitrogens with zero attached hydrogens (tertiary/aromatic N) is 2. The van der Waals surface area contributed by atoms with Crippen LogP contribution in [0.2, 0.25) is 5.02 Å². The number of aryl methyl sites for hydroxylation is 1. The number of nitro groups is 1. The molecule has 0 saturated heterocycles. The van der Waals surface area contributed by atoms with Crippen LogP contribution in [0.3, 0.4) is 0 Å². The van der Waals surface area contributed by atoms with Crippen molar-refractivity contribution in [1.29, 1.82) is 0 Å². The number of phenolic OH excluding ortho intramolecular Hbond substituents is 1. The Morgan fingerprint density at radius 2 is 1.80 bits per heavy atom. The number of carbonyl (C=O) groups excluding carboxylic acids is 2. The van der Waals surface area contributed by atoms with Gasteiger partial charge in [0.05, 0.1) is 10.6 Å². The summed E-state index contributed by atoms with van der Waals surface area (Å²) < 4.78 is 0. The van der Waals surface area contributed by atoms with Crippen molar-refractivity contribution in [3.05, 3.63) is 110 Å². The Balaban J connectivity index is 1.92. The second-order valence-corrected chi connectivity index (χ2v) is 7.89. The number of hydrogen-bond donors (Lipinski definition) is 3. The van der Waals surface area contributed by atoms with Crippen molar-refractivity contribution in [2.45, 2.75) is 13.8 Å². The van der Waals surface area contributed by atoms with Crippen LogP contribution in [0.5, 0.6) is 5.75 Å². The van der Waals surface area contributed by atoms with Gasteiger partial charge in [0.2, 0.25) is 0 Å². The van der Waals surface area contributed by atoms with Gasteiger partial charge in [-0.15, -0.1) is 0 Å². The van der Waals surface area contributed by atoms with Gasteiger partial charge < -0.3 is 10.4 Å². The van der Waals surface area contributed by atoms with Crippen molar-refractivity contribution in [3.8, 4) is 5.75 Å². The van der Waals surface area contributed by atoms with Crippen LogP contribution in [0, 0.1) is 17.0 Å². The Morgan fingerprint density at radius 3 is 2.49 bits per heavy atom. The van der Waals surface area contributed by atoms with Crippen molar-refractivity contribution in [2.75, 3.05) is 0 Å². The van der Waals surface area contributed by atoms with E-state index in [4.69, 9.17) is 11.6 Å². The zero-order valence-electron chi connectivity index (χ0n) is 18.8. The third kappa shape index (κ3) is 6.52. The minimum absolute atomic E-state index is 0.0628. The molecule has 0 aliphatic rings. The lowest BCUT2D eigenvalue weighted by Gasteiger charge is -2.11. The third-order valence-corrected chi connectivity index (χ3v) is 5.32. The molecule has 0 atom stereocenters. The summed E-state index contributed by atoms with van der Waals surface area (Å²) in [6, 6.07) is 16.8. The number of phenols is 1. The molecule has 0 bridgehead atoms. The first-order valence-corrected chi connectivity index (χ1v) is 10.7. The lowest BCUT2D eigenvalue weighted by Crippen LogP contribution is -2.33. The Labute approximate surface area is 205 Å². The zero-order valence-corrected chi connectivity index (χ0v) is 19.5. The quantitative estimate of drug-likeness (QED) is 0.192. The average molecular weight is 493 g/mol. The van der Waals surface area contributed by atoms with E-state index in [9.17, 15) is 24.8 Å². The summed E-state index contributed by atoms with van der Waals surface area (Å²) in [6.45, 7) is 3.30. The zero-order chi connectivity index (χ0) is 25.5. The van der Waals surface area contributed by atoms with E-state index in [1.807, 2.05) is 0 Å². The number of non-ortho nitro benzene ring substituents is 1. The number of rotatable bonds is 7. The number of nitrogens with one attached hydrogen (secondary N) is 2. The minimum Gasteiger partial charge on any atom is -0.507 e.